The molecule has 1 saturated carbocycles. The fraction of sp³-hybridized carbons (Fsp3) is 0.444. The van der Waals surface area contributed by atoms with Crippen LogP contribution in [0.2, 0.25) is 5.02 Å². The number of hydrogen-bond acceptors (Lipinski definition) is 4. The van der Waals surface area contributed by atoms with E-state index in [9.17, 15) is 9.00 Å². The fourth-order valence-corrected chi connectivity index (χ4v) is 4.14. The molecule has 1 aromatic carbocycles. The molecule has 25 heavy (non-hydrogen) atoms. The first-order valence-corrected chi connectivity index (χ1v) is 10.2. The second-order valence-corrected chi connectivity index (χ2v) is 8.20. The van der Waals surface area contributed by atoms with Gasteiger partial charge < -0.3 is 9.73 Å². The molecule has 5 nitrogen and oxygen atoms in total. The fourth-order valence-electron chi connectivity index (χ4n) is 2.97. The van der Waals surface area contributed by atoms with Crippen LogP contribution in [0.5, 0.6) is 0 Å². The molecule has 0 spiro atoms. The van der Waals surface area contributed by atoms with Crippen molar-refractivity contribution in [2.24, 2.45) is 0 Å². The molecule has 1 aliphatic carbocycles. The predicted molar refractivity (Wildman–Crippen MR) is 98.8 cm³/mol. The van der Waals surface area contributed by atoms with Gasteiger partial charge in [-0.1, -0.05) is 24.4 Å². The van der Waals surface area contributed by atoms with E-state index >= 15 is 0 Å². The molecular weight excluding hydrogens is 360 g/mol. The average Bonchev–Trinajstić information content (AvgIpc) is 3.18. The molecule has 0 saturated heterocycles. The van der Waals surface area contributed by atoms with E-state index in [0.29, 0.717) is 22.4 Å². The van der Waals surface area contributed by atoms with E-state index in [1.165, 1.54) is 0 Å². The zero-order chi connectivity index (χ0) is 17.8. The quantitative estimate of drug-likeness (QED) is 0.830. The molecule has 1 aromatic heterocycles. The maximum absolute atomic E-state index is 12.3. The Morgan fingerprint density at radius 2 is 2.00 bits per heavy atom. The van der Waals surface area contributed by atoms with Gasteiger partial charge in [0.1, 0.15) is 11.5 Å². The molecule has 1 N–H and O–H groups in total. The minimum Gasteiger partial charge on any atom is -0.441 e. The lowest BCUT2D eigenvalue weighted by Gasteiger charge is -2.11. The van der Waals surface area contributed by atoms with Crippen molar-refractivity contribution in [3.05, 3.63) is 40.7 Å². The number of rotatable bonds is 6. The second kappa shape index (κ2) is 8.15. The van der Waals surface area contributed by atoms with Crippen LogP contribution in [0, 0.1) is 6.92 Å². The van der Waals surface area contributed by atoms with E-state index in [1.54, 1.807) is 19.1 Å². The summed E-state index contributed by atoms with van der Waals surface area (Å²) in [6.07, 6.45) is 4.34. The van der Waals surface area contributed by atoms with Gasteiger partial charge in [0.2, 0.25) is 11.8 Å². The van der Waals surface area contributed by atoms with Gasteiger partial charge in [-0.3, -0.25) is 9.00 Å². The summed E-state index contributed by atoms with van der Waals surface area (Å²) in [7, 11) is -1.31. The summed E-state index contributed by atoms with van der Waals surface area (Å²) >= 11 is 5.88. The number of aromatic nitrogens is 1. The third kappa shape index (κ3) is 4.92. The highest BCUT2D eigenvalue weighted by molar-refractivity contribution is 7.84. The number of halogens is 1. The minimum absolute atomic E-state index is 0.000914. The summed E-state index contributed by atoms with van der Waals surface area (Å²) in [4.78, 5) is 16.4. The van der Waals surface area contributed by atoms with Crippen LogP contribution in [0.4, 0.5) is 0 Å². The van der Waals surface area contributed by atoms with Gasteiger partial charge >= 0.3 is 0 Å². The predicted octanol–water partition coefficient (Wildman–Crippen LogP) is 3.61. The van der Waals surface area contributed by atoms with Gasteiger partial charge in [0.15, 0.2) is 0 Å². The van der Waals surface area contributed by atoms with Crippen LogP contribution in [-0.2, 0) is 21.3 Å². The van der Waals surface area contributed by atoms with E-state index in [-0.39, 0.29) is 23.5 Å². The Kier molecular flexibility index (Phi) is 5.91. The molecule has 0 radical (unpaired) electrons. The zero-order valence-corrected chi connectivity index (χ0v) is 15.7. The Hall–Kier alpha value is -1.66. The molecule has 0 bridgehead atoms. The molecule has 134 valence electrons. The highest BCUT2D eigenvalue weighted by Gasteiger charge is 2.20. The number of carbonyl (C=O) groups is 1. The Morgan fingerprint density at radius 3 is 2.68 bits per heavy atom. The Labute approximate surface area is 154 Å². The van der Waals surface area contributed by atoms with Crippen LogP contribution in [0.3, 0.4) is 0 Å². The molecule has 3 rings (SSSR count). The second-order valence-electron chi connectivity index (χ2n) is 6.31. The average molecular weight is 381 g/mol. The first kappa shape index (κ1) is 18.1. The summed E-state index contributed by atoms with van der Waals surface area (Å²) in [6, 6.07) is 7.42. The van der Waals surface area contributed by atoms with Crippen LogP contribution in [-0.4, -0.2) is 26.9 Å². The van der Waals surface area contributed by atoms with Crippen LogP contribution < -0.4 is 5.32 Å². The first-order chi connectivity index (χ1) is 12.0. The van der Waals surface area contributed by atoms with E-state index in [2.05, 4.69) is 10.3 Å². The summed E-state index contributed by atoms with van der Waals surface area (Å²) in [5.41, 5.74) is 1.43. The molecule has 7 heteroatoms. The van der Waals surface area contributed by atoms with Crippen LogP contribution in [0.1, 0.15) is 37.1 Å². The molecule has 1 amide bonds. The number of hydrogen-bond donors (Lipinski definition) is 1. The number of oxazole rings is 1. The van der Waals surface area contributed by atoms with Crippen molar-refractivity contribution in [2.45, 2.75) is 44.4 Å². The van der Waals surface area contributed by atoms with E-state index in [4.69, 9.17) is 16.0 Å². The Balaban J connectivity index is 1.59. The Morgan fingerprint density at radius 1 is 1.32 bits per heavy atom. The van der Waals surface area contributed by atoms with Gasteiger partial charge in [-0.05, 0) is 44.0 Å². The van der Waals surface area contributed by atoms with Crippen LogP contribution >= 0.6 is 11.6 Å². The van der Waals surface area contributed by atoms with Crippen molar-refractivity contribution >= 4 is 28.3 Å². The van der Waals surface area contributed by atoms with Crippen molar-refractivity contribution in [2.75, 3.05) is 5.75 Å². The zero-order valence-electron chi connectivity index (χ0n) is 14.1. The van der Waals surface area contributed by atoms with Crippen molar-refractivity contribution in [1.82, 2.24) is 10.3 Å². The highest BCUT2D eigenvalue weighted by Crippen LogP contribution is 2.24. The summed E-state index contributed by atoms with van der Waals surface area (Å²) in [5, 5.41) is 3.60. The van der Waals surface area contributed by atoms with Crippen LogP contribution in [0.25, 0.3) is 11.5 Å². The maximum Gasteiger partial charge on any atom is 0.232 e. The van der Waals surface area contributed by atoms with Gasteiger partial charge in [0.25, 0.3) is 0 Å². The normalized spacial score (nSPS) is 16.1. The molecule has 1 atom stereocenters. The third-order valence-corrected chi connectivity index (χ3v) is 5.73. The number of aryl methyl sites for hydroxylation is 1. The number of nitrogens with one attached hydrogen (secondary N) is 1. The van der Waals surface area contributed by atoms with E-state index in [1.807, 2.05) is 12.1 Å². The van der Waals surface area contributed by atoms with Crippen molar-refractivity contribution in [1.29, 1.82) is 0 Å². The van der Waals surface area contributed by atoms with E-state index < -0.39 is 10.8 Å². The van der Waals surface area contributed by atoms with Gasteiger partial charge in [0.05, 0.1) is 11.4 Å². The number of carbonyl (C=O) groups excluding carboxylic acids is 1. The maximum atomic E-state index is 12.3. The molecule has 0 unspecified atom stereocenters. The van der Waals surface area contributed by atoms with Crippen molar-refractivity contribution in [3.8, 4) is 11.5 Å². The van der Waals surface area contributed by atoms with E-state index in [0.717, 1.165) is 31.2 Å². The molecule has 0 aliphatic heterocycles. The number of benzene rings is 1. The monoisotopic (exact) mass is 380 g/mol. The number of nitrogens with zero attached hydrogens (tertiary/aromatic N) is 1. The van der Waals surface area contributed by atoms with Gasteiger partial charge in [-0.15, -0.1) is 0 Å². The third-order valence-electron chi connectivity index (χ3n) is 4.29. The standard InChI is InChI=1S/C18H21ClN2O3S/c1-12-16(21-18(24-12)13-6-8-14(19)9-7-13)10-25(23)11-17(22)20-15-4-2-3-5-15/h6-9,15H,2-5,10-11H2,1H3,(H,20,22)/t25-/m0/s1. The highest BCUT2D eigenvalue weighted by atomic mass is 35.5. The molecule has 1 aliphatic rings. The molecule has 1 fully saturated rings. The molecule has 2 aromatic rings. The largest absolute Gasteiger partial charge is 0.441 e. The minimum atomic E-state index is -1.31. The van der Waals surface area contributed by atoms with Gasteiger partial charge in [-0.25, -0.2) is 4.98 Å². The van der Waals surface area contributed by atoms with Crippen molar-refractivity contribution < 1.29 is 13.4 Å². The SMILES string of the molecule is Cc1oc(-c2ccc(Cl)cc2)nc1C[S@](=O)CC(=O)NC1CCCC1. The van der Waals surface area contributed by atoms with Crippen LogP contribution in [0.15, 0.2) is 28.7 Å². The van der Waals surface area contributed by atoms with Gasteiger partial charge in [-0.2, -0.15) is 0 Å². The molecular formula is C18H21ClN2O3S. The smallest absolute Gasteiger partial charge is 0.232 e. The first-order valence-electron chi connectivity index (χ1n) is 8.38. The topological polar surface area (TPSA) is 72.2 Å². The lowest BCUT2D eigenvalue weighted by atomic mass is 10.2. The van der Waals surface area contributed by atoms with Gasteiger partial charge in [0, 0.05) is 27.4 Å². The summed E-state index contributed by atoms with van der Waals surface area (Å²) in [5.74, 6) is 1.15. The lowest BCUT2D eigenvalue weighted by Crippen LogP contribution is -2.35. The number of amides is 1. The van der Waals surface area contributed by atoms with Crippen molar-refractivity contribution in [3.63, 3.8) is 0 Å². The molecule has 1 heterocycles. The summed E-state index contributed by atoms with van der Waals surface area (Å²) < 4.78 is 18.0. The Bertz CT molecular complexity index is 767. The summed E-state index contributed by atoms with van der Waals surface area (Å²) in [6.45, 7) is 1.79. The lowest BCUT2D eigenvalue weighted by molar-refractivity contribution is -0.119.